The lowest BCUT2D eigenvalue weighted by Gasteiger charge is -2.21. The van der Waals surface area contributed by atoms with Crippen molar-refractivity contribution in [3.05, 3.63) is 88.7 Å². The number of carbonyl (C=O) groups excluding carboxylic acids is 1. The van der Waals surface area contributed by atoms with Crippen molar-refractivity contribution in [3.63, 3.8) is 0 Å². The van der Waals surface area contributed by atoms with Crippen LogP contribution < -0.4 is 0 Å². The first-order valence-electron chi connectivity index (χ1n) is 8.36. The topological polar surface area (TPSA) is 38.1 Å². The van der Waals surface area contributed by atoms with Gasteiger partial charge >= 0.3 is 0 Å². The third kappa shape index (κ3) is 4.29. The molecular formula is C20H19ClFN3O. The Hall–Kier alpha value is -2.66. The van der Waals surface area contributed by atoms with Crippen molar-refractivity contribution in [1.29, 1.82) is 0 Å². The predicted octanol–water partition coefficient (Wildman–Crippen LogP) is 4.39. The molecule has 3 rings (SSSR count). The summed E-state index contributed by atoms with van der Waals surface area (Å²) in [6.07, 6.45) is 3.58. The van der Waals surface area contributed by atoms with E-state index in [1.165, 1.54) is 18.2 Å². The number of nitrogens with zero attached hydrogens (tertiary/aromatic N) is 3. The highest BCUT2D eigenvalue weighted by Gasteiger charge is 2.17. The van der Waals surface area contributed by atoms with E-state index in [0.29, 0.717) is 30.2 Å². The molecule has 0 bridgehead atoms. The van der Waals surface area contributed by atoms with Gasteiger partial charge in [-0.2, -0.15) is 0 Å². The maximum atomic E-state index is 13.4. The number of imidazole rings is 1. The van der Waals surface area contributed by atoms with Crippen LogP contribution in [-0.2, 0) is 13.1 Å². The van der Waals surface area contributed by atoms with Gasteiger partial charge in [0.1, 0.15) is 11.6 Å². The molecule has 1 amide bonds. The molecule has 3 aromatic rings. The second kappa shape index (κ2) is 8.15. The summed E-state index contributed by atoms with van der Waals surface area (Å²) in [5, 5.41) is 0.681. The number of benzene rings is 2. The first-order chi connectivity index (χ1) is 12.6. The maximum absolute atomic E-state index is 13.4. The van der Waals surface area contributed by atoms with Crippen LogP contribution in [0, 0.1) is 5.82 Å². The first kappa shape index (κ1) is 18.1. The molecule has 4 nitrogen and oxygen atoms in total. The van der Waals surface area contributed by atoms with Crippen molar-refractivity contribution < 1.29 is 9.18 Å². The van der Waals surface area contributed by atoms with Gasteiger partial charge in [0.2, 0.25) is 0 Å². The van der Waals surface area contributed by atoms with Gasteiger partial charge in [-0.05, 0) is 42.8 Å². The lowest BCUT2D eigenvalue weighted by atomic mass is 10.2. The minimum Gasteiger partial charge on any atom is -0.331 e. The fourth-order valence-electron chi connectivity index (χ4n) is 2.77. The van der Waals surface area contributed by atoms with Gasteiger partial charge in [0.05, 0.1) is 6.54 Å². The molecule has 1 heterocycles. The van der Waals surface area contributed by atoms with E-state index in [1.807, 2.05) is 42.0 Å². The Morgan fingerprint density at radius 1 is 1.23 bits per heavy atom. The standard InChI is InChI=1S/C20H19ClFN3O/c1-2-24(20(26)16-6-4-8-18(22)12-16)14-19-23-9-10-25(19)13-15-5-3-7-17(21)11-15/h3-12H,2,13-14H2,1H3. The highest BCUT2D eigenvalue weighted by molar-refractivity contribution is 6.30. The van der Waals surface area contributed by atoms with Crippen LogP contribution in [0.2, 0.25) is 5.02 Å². The fraction of sp³-hybridized carbons (Fsp3) is 0.200. The molecule has 0 fully saturated rings. The number of rotatable bonds is 6. The first-order valence-corrected chi connectivity index (χ1v) is 8.74. The number of carbonyl (C=O) groups is 1. The van der Waals surface area contributed by atoms with Gasteiger partial charge in [-0.3, -0.25) is 4.79 Å². The Balaban J connectivity index is 1.77. The van der Waals surface area contributed by atoms with Gasteiger partial charge in [-0.1, -0.05) is 29.8 Å². The normalized spacial score (nSPS) is 10.7. The van der Waals surface area contributed by atoms with Gasteiger partial charge < -0.3 is 9.47 Å². The number of hydrogen-bond donors (Lipinski definition) is 0. The van der Waals surface area contributed by atoms with E-state index in [4.69, 9.17) is 11.6 Å². The smallest absolute Gasteiger partial charge is 0.254 e. The highest BCUT2D eigenvalue weighted by Crippen LogP contribution is 2.15. The van der Waals surface area contributed by atoms with E-state index in [1.54, 1.807) is 17.2 Å². The van der Waals surface area contributed by atoms with E-state index in [-0.39, 0.29) is 5.91 Å². The molecule has 0 saturated heterocycles. The highest BCUT2D eigenvalue weighted by atomic mass is 35.5. The van der Waals surface area contributed by atoms with E-state index in [0.717, 1.165) is 11.4 Å². The van der Waals surface area contributed by atoms with Gasteiger partial charge in [0, 0.05) is 36.1 Å². The summed E-state index contributed by atoms with van der Waals surface area (Å²) >= 11 is 6.05. The largest absolute Gasteiger partial charge is 0.331 e. The molecule has 0 unspecified atom stereocenters. The zero-order valence-electron chi connectivity index (χ0n) is 14.4. The van der Waals surface area contributed by atoms with Crippen molar-refractivity contribution in [3.8, 4) is 0 Å². The maximum Gasteiger partial charge on any atom is 0.254 e. The van der Waals surface area contributed by atoms with Crippen LogP contribution in [-0.4, -0.2) is 26.9 Å². The van der Waals surface area contributed by atoms with Crippen LogP contribution >= 0.6 is 11.6 Å². The molecule has 6 heteroatoms. The van der Waals surface area contributed by atoms with E-state index >= 15 is 0 Å². The summed E-state index contributed by atoms with van der Waals surface area (Å²) < 4.78 is 15.4. The molecule has 0 saturated carbocycles. The third-order valence-corrected chi connectivity index (χ3v) is 4.35. The molecule has 0 aliphatic rings. The minimum absolute atomic E-state index is 0.218. The number of amides is 1. The molecule has 0 N–H and O–H groups in total. The summed E-state index contributed by atoms with van der Waals surface area (Å²) in [6.45, 7) is 3.35. The van der Waals surface area contributed by atoms with E-state index in [9.17, 15) is 9.18 Å². The molecule has 26 heavy (non-hydrogen) atoms. The van der Waals surface area contributed by atoms with Crippen molar-refractivity contribution in [1.82, 2.24) is 14.5 Å². The van der Waals surface area contributed by atoms with Crippen LogP contribution in [0.1, 0.15) is 28.7 Å². The average Bonchev–Trinajstić information content (AvgIpc) is 3.06. The molecule has 2 aromatic carbocycles. The van der Waals surface area contributed by atoms with Gasteiger partial charge in [-0.15, -0.1) is 0 Å². The summed E-state index contributed by atoms with van der Waals surface area (Å²) in [7, 11) is 0. The minimum atomic E-state index is -0.422. The summed E-state index contributed by atoms with van der Waals surface area (Å²) in [4.78, 5) is 18.7. The Kier molecular flexibility index (Phi) is 5.68. The molecule has 0 aliphatic carbocycles. The summed E-state index contributed by atoms with van der Waals surface area (Å²) in [5.74, 6) is 0.121. The van der Waals surface area contributed by atoms with Gasteiger partial charge in [0.15, 0.2) is 0 Å². The number of halogens is 2. The van der Waals surface area contributed by atoms with Crippen LogP contribution in [0.25, 0.3) is 0 Å². The van der Waals surface area contributed by atoms with Crippen molar-refractivity contribution in [2.75, 3.05) is 6.54 Å². The van der Waals surface area contributed by atoms with Crippen molar-refractivity contribution in [2.45, 2.75) is 20.0 Å². The zero-order valence-corrected chi connectivity index (χ0v) is 15.2. The lowest BCUT2D eigenvalue weighted by molar-refractivity contribution is 0.0746. The summed E-state index contributed by atoms with van der Waals surface area (Å²) in [6, 6.07) is 13.4. The molecule has 0 atom stereocenters. The lowest BCUT2D eigenvalue weighted by Crippen LogP contribution is -2.31. The Bertz CT molecular complexity index is 909. The quantitative estimate of drug-likeness (QED) is 0.644. The molecular weight excluding hydrogens is 353 g/mol. The molecule has 134 valence electrons. The molecule has 0 radical (unpaired) electrons. The second-order valence-electron chi connectivity index (χ2n) is 5.93. The predicted molar refractivity (Wildman–Crippen MR) is 99.6 cm³/mol. The van der Waals surface area contributed by atoms with Gasteiger partial charge in [-0.25, -0.2) is 9.37 Å². The zero-order chi connectivity index (χ0) is 18.5. The van der Waals surface area contributed by atoms with Crippen LogP contribution in [0.3, 0.4) is 0 Å². The fourth-order valence-corrected chi connectivity index (χ4v) is 2.98. The Morgan fingerprint density at radius 3 is 2.77 bits per heavy atom. The summed E-state index contributed by atoms with van der Waals surface area (Å²) in [5.41, 5.74) is 1.39. The van der Waals surface area contributed by atoms with E-state index in [2.05, 4.69) is 4.98 Å². The third-order valence-electron chi connectivity index (χ3n) is 4.12. The van der Waals surface area contributed by atoms with Crippen LogP contribution in [0.4, 0.5) is 4.39 Å². The SMILES string of the molecule is CCN(Cc1nccn1Cc1cccc(Cl)c1)C(=O)c1cccc(F)c1. The van der Waals surface area contributed by atoms with Crippen LogP contribution in [0.15, 0.2) is 60.9 Å². The molecule has 0 spiro atoms. The second-order valence-corrected chi connectivity index (χ2v) is 6.37. The van der Waals surface area contributed by atoms with Gasteiger partial charge in [0.25, 0.3) is 5.91 Å². The Morgan fingerprint density at radius 2 is 2.04 bits per heavy atom. The molecule has 1 aromatic heterocycles. The van der Waals surface area contributed by atoms with Crippen molar-refractivity contribution in [2.24, 2.45) is 0 Å². The monoisotopic (exact) mass is 371 g/mol. The number of hydrogen-bond acceptors (Lipinski definition) is 2. The van der Waals surface area contributed by atoms with Crippen molar-refractivity contribution >= 4 is 17.5 Å². The Labute approximate surface area is 156 Å². The molecule has 0 aliphatic heterocycles. The van der Waals surface area contributed by atoms with E-state index < -0.39 is 5.82 Å². The number of aromatic nitrogens is 2. The van der Waals surface area contributed by atoms with Crippen LogP contribution in [0.5, 0.6) is 0 Å². The average molecular weight is 372 g/mol.